The van der Waals surface area contributed by atoms with Crippen molar-refractivity contribution in [1.29, 1.82) is 5.26 Å². The lowest BCUT2D eigenvalue weighted by Crippen LogP contribution is -2.35. The molecule has 0 saturated carbocycles. The lowest BCUT2D eigenvalue weighted by molar-refractivity contribution is 0.0725. The number of rotatable bonds is 1. The van der Waals surface area contributed by atoms with Crippen LogP contribution in [0, 0.1) is 17.1 Å². The molecule has 0 amide bonds. The molecule has 0 bridgehead atoms. The van der Waals surface area contributed by atoms with Crippen LogP contribution in [0.1, 0.15) is 15.9 Å². The molecular weight excluding hydrogens is 361 g/mol. The van der Waals surface area contributed by atoms with E-state index in [9.17, 15) is 14.4 Å². The molecule has 0 fully saturated rings. The number of hydrogen-bond donors (Lipinski definition) is 0. The summed E-state index contributed by atoms with van der Waals surface area (Å²) in [6, 6.07) is 11.3. The molecule has 0 saturated heterocycles. The van der Waals surface area contributed by atoms with E-state index in [1.165, 1.54) is 0 Å². The van der Waals surface area contributed by atoms with E-state index in [1.54, 1.807) is 30.3 Å². The summed E-state index contributed by atoms with van der Waals surface area (Å²) in [6.07, 6.45) is 0. The van der Waals surface area contributed by atoms with Crippen LogP contribution in [0.5, 0.6) is 5.75 Å². The van der Waals surface area contributed by atoms with Gasteiger partial charge in [-0.05, 0) is 15.9 Å². The van der Waals surface area contributed by atoms with Gasteiger partial charge in [-0.15, -0.1) is 0 Å². The van der Waals surface area contributed by atoms with Crippen LogP contribution in [0.3, 0.4) is 0 Å². The van der Waals surface area contributed by atoms with Crippen molar-refractivity contribution in [2.45, 2.75) is 5.60 Å². The van der Waals surface area contributed by atoms with Gasteiger partial charge in [0.25, 0.3) is 5.60 Å². The van der Waals surface area contributed by atoms with Gasteiger partial charge >= 0.3 is 0 Å². The number of nitriles is 1. The molecule has 3 rings (SSSR count). The van der Waals surface area contributed by atoms with Gasteiger partial charge in [-0.25, -0.2) is 4.39 Å². The number of ether oxygens (including phenoxy) is 1. The first-order valence-corrected chi connectivity index (χ1v) is 7.06. The quantitative estimate of drug-likeness (QED) is 0.710. The Morgan fingerprint density at radius 3 is 2.62 bits per heavy atom. The Morgan fingerprint density at radius 1 is 1.33 bits per heavy atom. The van der Waals surface area contributed by atoms with Crippen LogP contribution < -0.4 is 4.74 Å². The molecule has 2 aromatic rings. The van der Waals surface area contributed by atoms with E-state index >= 15 is 0 Å². The smallest absolute Gasteiger partial charge is 0.282 e. The zero-order valence-electron chi connectivity index (χ0n) is 10.4. The number of ketones is 1. The molecule has 6 heteroatoms. The zero-order valence-corrected chi connectivity index (χ0v) is 12.7. The molecule has 104 valence electrons. The van der Waals surface area contributed by atoms with Crippen LogP contribution in [0.25, 0.3) is 0 Å². The fraction of sp³-hybridized carbons (Fsp3) is 0.0667. The van der Waals surface area contributed by atoms with Gasteiger partial charge in [0.2, 0.25) is 5.78 Å². The second-order valence-corrected chi connectivity index (χ2v) is 5.62. The standard InChI is InChI=1S/C15H6BrClFNO2/c16-12-11-10(6-9(18)13(12)17)21-15(7-19,14(11)20)8-4-2-1-3-5-8/h1-6H/t15-/m1/s1. The summed E-state index contributed by atoms with van der Waals surface area (Å²) in [6.45, 7) is 0. The molecule has 3 nitrogen and oxygen atoms in total. The van der Waals surface area contributed by atoms with Crippen LogP contribution in [-0.2, 0) is 5.60 Å². The second kappa shape index (κ2) is 4.83. The fourth-order valence-corrected chi connectivity index (χ4v) is 2.97. The van der Waals surface area contributed by atoms with E-state index in [2.05, 4.69) is 15.9 Å². The van der Waals surface area contributed by atoms with Crippen LogP contribution in [-0.4, -0.2) is 5.78 Å². The molecule has 21 heavy (non-hydrogen) atoms. The second-order valence-electron chi connectivity index (χ2n) is 4.45. The Labute approximate surface area is 133 Å². The van der Waals surface area contributed by atoms with Crippen molar-refractivity contribution >= 4 is 33.3 Å². The van der Waals surface area contributed by atoms with E-state index in [1.807, 2.05) is 6.07 Å². The van der Waals surface area contributed by atoms with Crippen molar-refractivity contribution in [2.75, 3.05) is 0 Å². The summed E-state index contributed by atoms with van der Waals surface area (Å²) in [7, 11) is 0. The van der Waals surface area contributed by atoms with Crippen molar-refractivity contribution in [2.24, 2.45) is 0 Å². The van der Waals surface area contributed by atoms with E-state index in [0.29, 0.717) is 5.56 Å². The Hall–Kier alpha value is -1.90. The highest BCUT2D eigenvalue weighted by Gasteiger charge is 2.51. The third-order valence-corrected chi connectivity index (χ3v) is 4.66. The molecule has 2 aromatic carbocycles. The molecule has 0 aliphatic carbocycles. The monoisotopic (exact) mass is 365 g/mol. The van der Waals surface area contributed by atoms with Gasteiger partial charge in [-0.3, -0.25) is 4.79 Å². The number of nitrogens with zero attached hydrogens (tertiary/aromatic N) is 1. The summed E-state index contributed by atoms with van der Waals surface area (Å²) in [5, 5.41) is 9.29. The molecule has 1 aliphatic heterocycles. The number of carbonyl (C=O) groups excluding carboxylic acids is 1. The number of carbonyl (C=O) groups is 1. The molecule has 1 atom stereocenters. The summed E-state index contributed by atoms with van der Waals surface area (Å²) < 4.78 is 19.3. The van der Waals surface area contributed by atoms with E-state index < -0.39 is 17.2 Å². The summed E-state index contributed by atoms with van der Waals surface area (Å²) >= 11 is 8.89. The number of hydrogen-bond acceptors (Lipinski definition) is 3. The van der Waals surface area contributed by atoms with Crippen LogP contribution >= 0.6 is 27.5 Å². The van der Waals surface area contributed by atoms with E-state index in [0.717, 1.165) is 6.07 Å². The van der Waals surface area contributed by atoms with Crippen molar-refractivity contribution in [3.63, 3.8) is 0 Å². The average molecular weight is 367 g/mol. The van der Waals surface area contributed by atoms with Crippen molar-refractivity contribution in [3.8, 4) is 11.8 Å². The third-order valence-electron chi connectivity index (χ3n) is 3.27. The zero-order chi connectivity index (χ0) is 15.2. The molecule has 0 N–H and O–H groups in total. The van der Waals surface area contributed by atoms with Crippen molar-refractivity contribution < 1.29 is 13.9 Å². The predicted octanol–water partition coefficient (Wildman–Crippen LogP) is 4.24. The maximum Gasteiger partial charge on any atom is 0.282 e. The van der Waals surface area contributed by atoms with E-state index in [4.69, 9.17) is 16.3 Å². The minimum absolute atomic E-state index is 0.000761. The first kappa shape index (κ1) is 14.1. The number of fused-ring (bicyclic) bond motifs is 1. The fourth-order valence-electron chi connectivity index (χ4n) is 2.25. The first-order valence-electron chi connectivity index (χ1n) is 5.89. The number of benzene rings is 2. The van der Waals surface area contributed by atoms with Gasteiger partial charge in [0, 0.05) is 11.6 Å². The Balaban J connectivity index is 2.25. The molecule has 0 aromatic heterocycles. The van der Waals surface area contributed by atoms with Crippen LogP contribution in [0.4, 0.5) is 4.39 Å². The van der Waals surface area contributed by atoms with Crippen LogP contribution in [0.2, 0.25) is 5.02 Å². The summed E-state index contributed by atoms with van der Waals surface area (Å²) in [4.78, 5) is 12.7. The third kappa shape index (κ3) is 1.87. The van der Waals surface area contributed by atoms with Gasteiger partial charge in [0.05, 0.1) is 15.1 Å². The van der Waals surface area contributed by atoms with Gasteiger partial charge in [0.15, 0.2) is 0 Å². The normalized spacial score (nSPS) is 19.8. The maximum atomic E-state index is 13.7. The lowest BCUT2D eigenvalue weighted by Gasteiger charge is -2.19. The van der Waals surface area contributed by atoms with Crippen molar-refractivity contribution in [3.05, 3.63) is 62.8 Å². The predicted molar refractivity (Wildman–Crippen MR) is 77.8 cm³/mol. The number of Topliss-reactive ketones (excluding diaryl/α,β-unsaturated/α-hetero) is 1. The topological polar surface area (TPSA) is 50.1 Å². The van der Waals surface area contributed by atoms with Crippen molar-refractivity contribution in [1.82, 2.24) is 0 Å². The maximum absolute atomic E-state index is 13.7. The molecule has 0 radical (unpaired) electrons. The average Bonchev–Trinajstić information content (AvgIpc) is 2.79. The SMILES string of the molecule is N#C[C@]1(c2ccccc2)Oc2cc(F)c(Cl)c(Br)c2C1=O. The minimum atomic E-state index is -1.82. The summed E-state index contributed by atoms with van der Waals surface area (Å²) in [5.74, 6) is -1.30. The molecular formula is C15H6BrClFNO2. The van der Waals surface area contributed by atoms with E-state index in [-0.39, 0.29) is 20.8 Å². The molecule has 0 unspecified atom stereocenters. The highest BCUT2D eigenvalue weighted by atomic mass is 79.9. The van der Waals surface area contributed by atoms with Gasteiger partial charge < -0.3 is 4.74 Å². The largest absolute Gasteiger partial charge is 0.459 e. The van der Waals surface area contributed by atoms with Gasteiger partial charge in [-0.2, -0.15) is 5.26 Å². The first-order chi connectivity index (χ1) is 10.0. The molecule has 1 aliphatic rings. The highest BCUT2D eigenvalue weighted by Crippen LogP contribution is 2.47. The molecule has 0 spiro atoms. The summed E-state index contributed by atoms with van der Waals surface area (Å²) in [5.41, 5.74) is -1.35. The molecule has 1 heterocycles. The Bertz CT molecular complexity index is 804. The minimum Gasteiger partial charge on any atom is -0.459 e. The highest BCUT2D eigenvalue weighted by molar-refractivity contribution is 9.10. The van der Waals surface area contributed by atoms with Gasteiger partial charge in [0.1, 0.15) is 17.6 Å². The lowest BCUT2D eigenvalue weighted by atomic mass is 9.89. The van der Waals surface area contributed by atoms with Gasteiger partial charge in [-0.1, -0.05) is 41.9 Å². The number of halogens is 3. The van der Waals surface area contributed by atoms with Crippen LogP contribution in [0.15, 0.2) is 40.9 Å². The Kier molecular flexibility index (Phi) is 3.23. The Morgan fingerprint density at radius 2 is 2.00 bits per heavy atom.